The summed E-state index contributed by atoms with van der Waals surface area (Å²) in [5.41, 5.74) is 0. The Morgan fingerprint density at radius 3 is 2.89 bits per heavy atom. The van der Waals surface area contributed by atoms with Crippen molar-refractivity contribution in [2.45, 2.75) is 38.1 Å². The van der Waals surface area contributed by atoms with Gasteiger partial charge < -0.3 is 10.6 Å². The summed E-state index contributed by atoms with van der Waals surface area (Å²) in [6.45, 7) is 5.29. The highest BCUT2D eigenvalue weighted by molar-refractivity contribution is 7.99. The normalized spacial score (nSPS) is 25.2. The van der Waals surface area contributed by atoms with Crippen LogP contribution in [0.5, 0.6) is 0 Å². The molecule has 4 nitrogen and oxygen atoms in total. The fourth-order valence-corrected chi connectivity index (χ4v) is 3.72. The molecule has 0 aromatic heterocycles. The van der Waals surface area contributed by atoms with Crippen LogP contribution in [-0.2, 0) is 4.79 Å². The quantitative estimate of drug-likeness (QED) is 0.766. The first-order chi connectivity index (χ1) is 9.34. The van der Waals surface area contributed by atoms with Crippen molar-refractivity contribution in [1.29, 1.82) is 0 Å². The summed E-state index contributed by atoms with van der Waals surface area (Å²) < 4.78 is 0. The second-order valence-electron chi connectivity index (χ2n) is 5.49. The molecule has 0 radical (unpaired) electrons. The topological polar surface area (TPSA) is 44.4 Å². The van der Waals surface area contributed by atoms with Crippen LogP contribution in [0.15, 0.2) is 0 Å². The van der Waals surface area contributed by atoms with E-state index < -0.39 is 0 Å². The number of thioether (sulfide) groups is 1. The molecule has 1 unspecified atom stereocenters. The van der Waals surface area contributed by atoms with Crippen LogP contribution >= 0.6 is 11.8 Å². The van der Waals surface area contributed by atoms with Crippen molar-refractivity contribution in [1.82, 2.24) is 15.5 Å². The number of hydrogen-bond donors (Lipinski definition) is 2. The van der Waals surface area contributed by atoms with Gasteiger partial charge in [-0.15, -0.1) is 0 Å². The number of amides is 1. The highest BCUT2D eigenvalue weighted by Crippen LogP contribution is 2.11. The van der Waals surface area contributed by atoms with E-state index in [1.165, 1.54) is 43.9 Å². The molecule has 0 bridgehead atoms. The maximum atomic E-state index is 11.8. The number of rotatable bonds is 6. The van der Waals surface area contributed by atoms with Crippen LogP contribution in [0, 0.1) is 0 Å². The summed E-state index contributed by atoms with van der Waals surface area (Å²) in [5.74, 6) is 2.70. The number of nitrogens with zero attached hydrogens (tertiary/aromatic N) is 1. The number of hydrogen-bond acceptors (Lipinski definition) is 4. The van der Waals surface area contributed by atoms with Crippen LogP contribution in [-0.4, -0.2) is 61.1 Å². The van der Waals surface area contributed by atoms with Crippen LogP contribution in [0.3, 0.4) is 0 Å². The zero-order valence-corrected chi connectivity index (χ0v) is 12.6. The molecule has 0 saturated carbocycles. The number of carbonyl (C=O) groups is 1. The van der Waals surface area contributed by atoms with E-state index in [1.54, 1.807) is 0 Å². The number of piperidine rings is 1. The second kappa shape index (κ2) is 8.82. The summed E-state index contributed by atoms with van der Waals surface area (Å²) in [4.78, 5) is 14.2. The first kappa shape index (κ1) is 15.1. The number of carbonyl (C=O) groups excluding carboxylic acids is 1. The van der Waals surface area contributed by atoms with Gasteiger partial charge in [0.15, 0.2) is 0 Å². The maximum absolute atomic E-state index is 11.8. The molecule has 2 aliphatic rings. The van der Waals surface area contributed by atoms with Gasteiger partial charge in [-0.25, -0.2) is 0 Å². The molecule has 0 aromatic carbocycles. The lowest BCUT2D eigenvalue weighted by Crippen LogP contribution is -2.40. The monoisotopic (exact) mass is 285 g/mol. The average molecular weight is 285 g/mol. The van der Waals surface area contributed by atoms with Crippen molar-refractivity contribution in [3.8, 4) is 0 Å². The largest absolute Gasteiger partial charge is 0.355 e. The second-order valence-corrected chi connectivity index (χ2v) is 6.71. The van der Waals surface area contributed by atoms with Gasteiger partial charge in [0, 0.05) is 50.1 Å². The highest BCUT2D eigenvalue weighted by atomic mass is 32.2. The molecule has 2 aliphatic heterocycles. The van der Waals surface area contributed by atoms with E-state index in [9.17, 15) is 4.79 Å². The summed E-state index contributed by atoms with van der Waals surface area (Å²) >= 11 is 2.03. The van der Waals surface area contributed by atoms with Gasteiger partial charge in [-0.1, -0.05) is 6.42 Å². The molecule has 0 spiro atoms. The Balaban J connectivity index is 1.49. The van der Waals surface area contributed by atoms with Crippen molar-refractivity contribution in [2.24, 2.45) is 0 Å². The van der Waals surface area contributed by atoms with Crippen LogP contribution in [0.25, 0.3) is 0 Å². The lowest BCUT2D eigenvalue weighted by molar-refractivity contribution is -0.121. The smallest absolute Gasteiger partial charge is 0.220 e. The van der Waals surface area contributed by atoms with Crippen LogP contribution in [0.1, 0.15) is 32.1 Å². The van der Waals surface area contributed by atoms with Gasteiger partial charge in [0.1, 0.15) is 0 Å². The van der Waals surface area contributed by atoms with Gasteiger partial charge in [0.05, 0.1) is 0 Å². The molecule has 2 rings (SSSR count). The van der Waals surface area contributed by atoms with E-state index in [0.29, 0.717) is 12.5 Å². The molecule has 5 heteroatoms. The molecule has 0 aromatic rings. The van der Waals surface area contributed by atoms with Crippen LogP contribution < -0.4 is 10.6 Å². The van der Waals surface area contributed by atoms with E-state index in [-0.39, 0.29) is 5.91 Å². The lowest BCUT2D eigenvalue weighted by Gasteiger charge is -2.26. The van der Waals surface area contributed by atoms with Gasteiger partial charge in [-0.2, -0.15) is 11.8 Å². The van der Waals surface area contributed by atoms with Gasteiger partial charge in [0.25, 0.3) is 0 Å². The zero-order chi connectivity index (χ0) is 13.3. The molecule has 2 saturated heterocycles. The minimum Gasteiger partial charge on any atom is -0.355 e. The van der Waals surface area contributed by atoms with E-state index in [2.05, 4.69) is 15.5 Å². The fraction of sp³-hybridized carbons (Fsp3) is 0.929. The Kier molecular flexibility index (Phi) is 7.03. The Labute approximate surface area is 121 Å². The Morgan fingerprint density at radius 2 is 2.16 bits per heavy atom. The molecular weight excluding hydrogens is 258 g/mol. The summed E-state index contributed by atoms with van der Waals surface area (Å²) in [6, 6.07) is 0.568. The van der Waals surface area contributed by atoms with Gasteiger partial charge in [-0.05, 0) is 25.8 Å². The van der Waals surface area contributed by atoms with Crippen molar-refractivity contribution in [2.75, 3.05) is 44.2 Å². The fourth-order valence-electron chi connectivity index (χ4n) is 2.74. The minimum atomic E-state index is 0.221. The standard InChI is InChI=1S/C14H27N3OS/c18-14(5-4-13-3-1-2-6-15-13)16-7-8-17-9-11-19-12-10-17/h13,15H,1-12H2,(H,16,18). The van der Waals surface area contributed by atoms with Crippen LogP contribution in [0.2, 0.25) is 0 Å². The molecule has 2 fully saturated rings. The van der Waals surface area contributed by atoms with E-state index in [4.69, 9.17) is 0 Å². The Hall–Kier alpha value is -0.260. The molecule has 19 heavy (non-hydrogen) atoms. The van der Waals surface area contributed by atoms with Crippen molar-refractivity contribution < 1.29 is 4.79 Å². The third kappa shape index (κ3) is 6.15. The van der Waals surface area contributed by atoms with Crippen molar-refractivity contribution in [3.63, 3.8) is 0 Å². The Bertz CT molecular complexity index is 263. The highest BCUT2D eigenvalue weighted by Gasteiger charge is 2.14. The van der Waals surface area contributed by atoms with E-state index in [0.717, 1.165) is 26.1 Å². The predicted molar refractivity (Wildman–Crippen MR) is 81.7 cm³/mol. The summed E-state index contributed by atoms with van der Waals surface area (Å²) in [6.07, 6.45) is 5.50. The zero-order valence-electron chi connectivity index (χ0n) is 11.8. The summed E-state index contributed by atoms with van der Waals surface area (Å²) in [5, 5.41) is 6.55. The predicted octanol–water partition coefficient (Wildman–Crippen LogP) is 1.07. The van der Waals surface area contributed by atoms with Crippen molar-refractivity contribution >= 4 is 17.7 Å². The van der Waals surface area contributed by atoms with E-state index in [1.807, 2.05) is 11.8 Å². The van der Waals surface area contributed by atoms with E-state index >= 15 is 0 Å². The molecule has 2 N–H and O–H groups in total. The first-order valence-corrected chi connectivity index (χ1v) is 8.80. The van der Waals surface area contributed by atoms with Gasteiger partial charge in [-0.3, -0.25) is 9.69 Å². The minimum absolute atomic E-state index is 0.221. The SMILES string of the molecule is O=C(CCC1CCCCN1)NCCN1CCSCC1. The maximum Gasteiger partial charge on any atom is 0.220 e. The molecule has 110 valence electrons. The number of nitrogens with one attached hydrogen (secondary N) is 2. The molecule has 0 aliphatic carbocycles. The lowest BCUT2D eigenvalue weighted by atomic mass is 10.0. The van der Waals surface area contributed by atoms with Crippen molar-refractivity contribution in [3.05, 3.63) is 0 Å². The summed E-state index contributed by atoms with van der Waals surface area (Å²) in [7, 11) is 0. The van der Waals surface area contributed by atoms with Crippen LogP contribution in [0.4, 0.5) is 0 Å². The first-order valence-electron chi connectivity index (χ1n) is 7.65. The molecule has 2 heterocycles. The third-order valence-electron chi connectivity index (χ3n) is 3.99. The molecular formula is C14H27N3OS. The van der Waals surface area contributed by atoms with Gasteiger partial charge >= 0.3 is 0 Å². The molecule has 1 atom stereocenters. The third-order valence-corrected chi connectivity index (χ3v) is 4.93. The van der Waals surface area contributed by atoms with Gasteiger partial charge in [0.2, 0.25) is 5.91 Å². The molecule has 1 amide bonds. The Morgan fingerprint density at radius 1 is 1.32 bits per heavy atom. The average Bonchev–Trinajstić information content (AvgIpc) is 2.47.